The van der Waals surface area contributed by atoms with Gasteiger partial charge in [0.25, 0.3) is 6.01 Å². The largest absolute Gasteiger partial charge is 0.422 e. The second kappa shape index (κ2) is 3.13. The molecular formula is C8H9BrN4O. The number of nitrogens with zero attached hydrogens (tertiary/aromatic N) is 3. The lowest BCUT2D eigenvalue weighted by Crippen LogP contribution is -1.92. The summed E-state index contributed by atoms with van der Waals surface area (Å²) in [7, 11) is 1.86. The van der Waals surface area contributed by atoms with Crippen molar-refractivity contribution >= 4 is 21.9 Å². The zero-order valence-electron chi connectivity index (χ0n) is 7.78. The number of hydrogen-bond acceptors (Lipinski definition) is 4. The van der Waals surface area contributed by atoms with Crippen molar-refractivity contribution in [3.8, 4) is 11.5 Å². The molecule has 0 saturated carbocycles. The second-order valence-corrected chi connectivity index (χ2v) is 3.73. The Morgan fingerprint density at radius 1 is 1.57 bits per heavy atom. The Balaban J connectivity index is 2.57. The summed E-state index contributed by atoms with van der Waals surface area (Å²) in [5, 5.41) is 4.27. The van der Waals surface area contributed by atoms with Gasteiger partial charge in [0, 0.05) is 12.7 Å². The number of halogens is 1. The molecule has 0 aliphatic carbocycles. The van der Waals surface area contributed by atoms with Crippen LogP contribution in [0.4, 0.5) is 6.01 Å². The van der Waals surface area contributed by atoms with Crippen LogP contribution in [-0.4, -0.2) is 14.8 Å². The minimum atomic E-state index is 0.148. The van der Waals surface area contributed by atoms with Crippen LogP contribution < -0.4 is 5.73 Å². The van der Waals surface area contributed by atoms with Crippen LogP contribution in [0.2, 0.25) is 0 Å². The van der Waals surface area contributed by atoms with Gasteiger partial charge in [-0.15, -0.1) is 0 Å². The normalized spacial score (nSPS) is 10.8. The molecule has 5 nitrogen and oxygen atoms in total. The van der Waals surface area contributed by atoms with E-state index in [0.29, 0.717) is 11.5 Å². The number of rotatable bonds is 1. The molecule has 0 spiro atoms. The molecule has 0 aliphatic rings. The van der Waals surface area contributed by atoms with Gasteiger partial charge in [-0.25, -0.2) is 4.98 Å². The van der Waals surface area contributed by atoms with Crippen molar-refractivity contribution < 1.29 is 4.42 Å². The fourth-order valence-corrected chi connectivity index (χ4v) is 1.67. The van der Waals surface area contributed by atoms with Gasteiger partial charge in [-0.1, -0.05) is 0 Å². The third-order valence-electron chi connectivity index (χ3n) is 2.02. The lowest BCUT2D eigenvalue weighted by atomic mass is 10.3. The maximum atomic E-state index is 5.38. The smallest absolute Gasteiger partial charge is 0.292 e. The summed E-state index contributed by atoms with van der Waals surface area (Å²) in [5.41, 5.74) is 7.12. The summed E-state index contributed by atoms with van der Waals surface area (Å²) in [6.45, 7) is 1.96. The van der Waals surface area contributed by atoms with Crippen LogP contribution in [0, 0.1) is 6.92 Å². The molecule has 6 heteroatoms. The van der Waals surface area contributed by atoms with Crippen molar-refractivity contribution in [1.82, 2.24) is 14.8 Å². The molecule has 0 bridgehead atoms. The highest BCUT2D eigenvalue weighted by Crippen LogP contribution is 2.30. The number of oxazole rings is 1. The van der Waals surface area contributed by atoms with E-state index >= 15 is 0 Å². The van der Waals surface area contributed by atoms with Gasteiger partial charge in [-0.2, -0.15) is 5.10 Å². The van der Waals surface area contributed by atoms with Crippen LogP contribution in [0.3, 0.4) is 0 Å². The Morgan fingerprint density at radius 3 is 2.71 bits per heavy atom. The molecule has 14 heavy (non-hydrogen) atoms. The molecule has 0 aliphatic heterocycles. The molecule has 2 N–H and O–H groups in total. The van der Waals surface area contributed by atoms with Crippen LogP contribution in [0.1, 0.15) is 5.69 Å². The fourth-order valence-electron chi connectivity index (χ4n) is 1.14. The van der Waals surface area contributed by atoms with Crippen molar-refractivity contribution in [2.45, 2.75) is 6.92 Å². The van der Waals surface area contributed by atoms with Gasteiger partial charge in [0.2, 0.25) is 0 Å². The molecule has 0 radical (unpaired) electrons. The first kappa shape index (κ1) is 9.26. The number of aromatic nitrogens is 3. The Hall–Kier alpha value is -1.30. The van der Waals surface area contributed by atoms with Crippen LogP contribution in [0.25, 0.3) is 11.5 Å². The van der Waals surface area contributed by atoms with Crippen LogP contribution in [-0.2, 0) is 7.05 Å². The molecular weight excluding hydrogens is 248 g/mol. The molecule has 2 aromatic heterocycles. The standard InChI is InChI=1S/C8H9BrN4O/c1-4-6(9)7(12-13(4)2)5-3-11-8(10)14-5/h3H,1-2H3,(H2,10,11). The van der Waals surface area contributed by atoms with E-state index in [1.165, 1.54) is 0 Å². The summed E-state index contributed by atoms with van der Waals surface area (Å²) in [5.74, 6) is 0.568. The molecule has 2 aromatic rings. The van der Waals surface area contributed by atoms with E-state index in [-0.39, 0.29) is 6.01 Å². The average molecular weight is 257 g/mol. The third kappa shape index (κ3) is 1.31. The highest BCUT2D eigenvalue weighted by Gasteiger charge is 2.15. The van der Waals surface area contributed by atoms with Gasteiger partial charge in [0.05, 0.1) is 10.7 Å². The number of hydrogen-bond donors (Lipinski definition) is 1. The highest BCUT2D eigenvalue weighted by molar-refractivity contribution is 9.10. The zero-order chi connectivity index (χ0) is 10.3. The number of anilines is 1. The third-order valence-corrected chi connectivity index (χ3v) is 2.97. The minimum Gasteiger partial charge on any atom is -0.422 e. The van der Waals surface area contributed by atoms with Crippen molar-refractivity contribution in [3.05, 3.63) is 16.4 Å². The van der Waals surface area contributed by atoms with Crippen molar-refractivity contribution in [2.75, 3.05) is 5.73 Å². The zero-order valence-corrected chi connectivity index (χ0v) is 9.37. The maximum Gasteiger partial charge on any atom is 0.292 e. The molecule has 0 atom stereocenters. The Labute approximate surface area is 89.0 Å². The fraction of sp³-hybridized carbons (Fsp3) is 0.250. The maximum absolute atomic E-state index is 5.38. The highest BCUT2D eigenvalue weighted by atomic mass is 79.9. The Kier molecular flexibility index (Phi) is 2.07. The van der Waals surface area contributed by atoms with E-state index in [2.05, 4.69) is 26.0 Å². The van der Waals surface area contributed by atoms with E-state index in [4.69, 9.17) is 10.2 Å². The van der Waals surface area contributed by atoms with E-state index in [9.17, 15) is 0 Å². The first-order valence-corrected chi connectivity index (χ1v) is 4.79. The topological polar surface area (TPSA) is 69.9 Å². The van der Waals surface area contributed by atoms with E-state index in [1.54, 1.807) is 10.9 Å². The van der Waals surface area contributed by atoms with Crippen LogP contribution >= 0.6 is 15.9 Å². The monoisotopic (exact) mass is 256 g/mol. The Morgan fingerprint density at radius 2 is 2.29 bits per heavy atom. The quantitative estimate of drug-likeness (QED) is 0.844. The summed E-state index contributed by atoms with van der Waals surface area (Å²) in [6.07, 6.45) is 1.56. The van der Waals surface area contributed by atoms with E-state index < -0.39 is 0 Å². The van der Waals surface area contributed by atoms with Crippen LogP contribution in [0.15, 0.2) is 15.1 Å². The molecule has 74 valence electrons. The van der Waals surface area contributed by atoms with E-state index in [1.807, 2.05) is 14.0 Å². The first-order chi connectivity index (χ1) is 6.59. The summed E-state index contributed by atoms with van der Waals surface area (Å²) < 4.78 is 7.84. The van der Waals surface area contributed by atoms with Gasteiger partial charge < -0.3 is 10.2 Å². The Bertz CT molecular complexity index is 474. The van der Waals surface area contributed by atoms with E-state index in [0.717, 1.165) is 10.2 Å². The molecule has 0 aromatic carbocycles. The van der Waals surface area contributed by atoms with Crippen LogP contribution in [0.5, 0.6) is 0 Å². The van der Waals surface area contributed by atoms with Gasteiger partial charge in [0.15, 0.2) is 5.76 Å². The van der Waals surface area contributed by atoms with Gasteiger partial charge >= 0.3 is 0 Å². The summed E-state index contributed by atoms with van der Waals surface area (Å²) in [6, 6.07) is 0.148. The van der Waals surface area contributed by atoms with Gasteiger partial charge in [0.1, 0.15) is 5.69 Å². The minimum absolute atomic E-state index is 0.148. The average Bonchev–Trinajstić information content (AvgIpc) is 2.66. The SMILES string of the molecule is Cc1c(Br)c(-c2cnc(N)o2)nn1C. The lowest BCUT2D eigenvalue weighted by molar-refractivity contribution is 0.590. The second-order valence-electron chi connectivity index (χ2n) is 2.93. The lowest BCUT2D eigenvalue weighted by Gasteiger charge is -1.89. The van der Waals surface area contributed by atoms with Crippen molar-refractivity contribution in [3.63, 3.8) is 0 Å². The number of aryl methyl sites for hydroxylation is 1. The molecule has 0 saturated heterocycles. The predicted molar refractivity (Wildman–Crippen MR) is 55.6 cm³/mol. The molecule has 0 unspecified atom stereocenters. The predicted octanol–water partition coefficient (Wildman–Crippen LogP) is 1.73. The van der Waals surface area contributed by atoms with Crippen molar-refractivity contribution in [2.24, 2.45) is 7.05 Å². The molecule has 0 fully saturated rings. The molecule has 2 heterocycles. The van der Waals surface area contributed by atoms with Crippen molar-refractivity contribution in [1.29, 1.82) is 0 Å². The number of nitrogen functional groups attached to an aromatic ring is 1. The molecule has 2 rings (SSSR count). The van der Waals surface area contributed by atoms with Gasteiger partial charge in [-0.05, 0) is 22.9 Å². The summed E-state index contributed by atoms with van der Waals surface area (Å²) in [4.78, 5) is 3.81. The van der Waals surface area contributed by atoms with Gasteiger partial charge in [-0.3, -0.25) is 4.68 Å². The first-order valence-electron chi connectivity index (χ1n) is 4.00. The number of nitrogens with two attached hydrogens (primary N) is 1. The summed E-state index contributed by atoms with van der Waals surface area (Å²) >= 11 is 3.44. The molecule has 0 amide bonds.